The molecule has 0 aliphatic carbocycles. The molecule has 3 nitrogen and oxygen atoms in total. The second-order valence-corrected chi connectivity index (χ2v) is 5.63. The summed E-state index contributed by atoms with van der Waals surface area (Å²) in [5.41, 5.74) is 0. The number of rotatable bonds is 5. The smallest absolute Gasteiger partial charge is 0.204 e. The summed E-state index contributed by atoms with van der Waals surface area (Å²) in [6.45, 7) is 0. The first-order valence-electron chi connectivity index (χ1n) is 3.70. The van der Waals surface area contributed by atoms with Gasteiger partial charge in [-0.15, -0.1) is 3.82 Å². The molecule has 0 aromatic heterocycles. The highest BCUT2D eigenvalue weighted by Crippen LogP contribution is 2.51. The van der Waals surface area contributed by atoms with Crippen LogP contribution in [0, 0.1) is 0 Å². The van der Waals surface area contributed by atoms with E-state index in [9.17, 15) is 43.5 Å². The number of hydrogen-bond donors (Lipinski definition) is 0. The van der Waals surface area contributed by atoms with Crippen molar-refractivity contribution in [1.82, 2.24) is 3.82 Å². The molecule has 0 heterocycles. The minimum absolute atomic E-state index is 0.126. The van der Waals surface area contributed by atoms with Crippen LogP contribution in [-0.4, -0.2) is 42.8 Å². The molecule has 0 aliphatic rings. The third-order valence-electron chi connectivity index (χ3n) is 1.71. The van der Waals surface area contributed by atoms with Gasteiger partial charge in [-0.3, -0.25) is 0 Å². The van der Waals surface area contributed by atoms with E-state index in [0.29, 0.717) is 0 Å². The van der Waals surface area contributed by atoms with Gasteiger partial charge in [0.2, 0.25) is 0 Å². The predicted octanol–water partition coefficient (Wildman–Crippen LogP) is 2.53. The predicted molar refractivity (Wildman–Crippen MR) is 43.4 cm³/mol. The van der Waals surface area contributed by atoms with Crippen molar-refractivity contribution in [2.45, 2.75) is 23.5 Å². The van der Waals surface area contributed by atoms with E-state index in [4.69, 9.17) is 0 Å². The third kappa shape index (κ3) is 2.25. The van der Waals surface area contributed by atoms with Gasteiger partial charge in [0.25, 0.3) is 10.0 Å². The molecule has 0 aliphatic heterocycles. The lowest BCUT2D eigenvalue weighted by Crippen LogP contribution is -2.61. The van der Waals surface area contributed by atoms with E-state index in [1.54, 1.807) is 0 Å². The van der Waals surface area contributed by atoms with E-state index in [0.717, 1.165) is 0 Å². The highest BCUT2D eigenvalue weighted by molar-refractivity contribution is 7.91. The first-order valence-corrected chi connectivity index (χ1v) is 5.47. The summed E-state index contributed by atoms with van der Waals surface area (Å²) in [5.74, 6) is -13.4. The fourth-order valence-corrected chi connectivity index (χ4v) is 1.69. The first kappa shape index (κ1) is 17.6. The summed E-state index contributed by atoms with van der Waals surface area (Å²) in [4.78, 5) is 0. The molecular formula is C5H4ClF8NO2S. The normalized spacial score (nSPS) is 15.6. The highest BCUT2D eigenvalue weighted by Gasteiger charge is 2.80. The highest BCUT2D eigenvalue weighted by atomic mass is 35.5. The summed E-state index contributed by atoms with van der Waals surface area (Å²) in [7, 11) is -6.32. The van der Waals surface area contributed by atoms with Crippen molar-refractivity contribution in [2.75, 3.05) is 7.05 Å². The van der Waals surface area contributed by atoms with Gasteiger partial charge in [0.05, 0.1) is 0 Å². The van der Waals surface area contributed by atoms with E-state index in [1.807, 2.05) is 0 Å². The van der Waals surface area contributed by atoms with Crippen LogP contribution in [0.4, 0.5) is 35.1 Å². The number of sulfonamides is 1. The minimum atomic E-state index is -6.85. The van der Waals surface area contributed by atoms with Gasteiger partial charge in [0.1, 0.15) is 0 Å². The molecule has 0 N–H and O–H groups in total. The molecule has 0 spiro atoms. The largest absolute Gasteiger partial charge is 0.428 e. The first-order chi connectivity index (χ1) is 7.64. The van der Waals surface area contributed by atoms with E-state index < -0.39 is 37.4 Å². The van der Waals surface area contributed by atoms with E-state index >= 15 is 0 Å². The molecule has 0 amide bonds. The Morgan fingerprint density at radius 2 is 1.39 bits per heavy atom. The number of hydrogen-bond acceptors (Lipinski definition) is 2. The van der Waals surface area contributed by atoms with Crippen LogP contribution in [0.5, 0.6) is 0 Å². The summed E-state index contributed by atoms with van der Waals surface area (Å²) in [5, 5.41) is -6.52. The Labute approximate surface area is 100 Å². The van der Waals surface area contributed by atoms with Crippen molar-refractivity contribution >= 4 is 21.8 Å². The van der Waals surface area contributed by atoms with Crippen molar-refractivity contribution in [3.8, 4) is 0 Å². The molecular weight excluding hydrogens is 326 g/mol. The second kappa shape index (κ2) is 4.63. The standard InChI is InChI=1S/C5H4ClF8NO2S/c1-15(6)18(16,17)5(13,14)4(11,12)3(9,10)2(7)8/h2H,1H3. The topological polar surface area (TPSA) is 37.4 Å². The monoisotopic (exact) mass is 329 g/mol. The molecule has 0 rings (SSSR count). The minimum Gasteiger partial charge on any atom is -0.204 e. The summed E-state index contributed by atoms with van der Waals surface area (Å²) in [6, 6.07) is 0. The van der Waals surface area contributed by atoms with Gasteiger partial charge in [0, 0.05) is 7.05 Å². The molecule has 110 valence electrons. The Kier molecular flexibility index (Phi) is 4.54. The zero-order valence-electron chi connectivity index (χ0n) is 8.15. The molecule has 0 aromatic carbocycles. The molecule has 0 saturated carbocycles. The van der Waals surface area contributed by atoms with E-state index in [-0.39, 0.29) is 7.05 Å². The molecule has 18 heavy (non-hydrogen) atoms. The van der Waals surface area contributed by atoms with Gasteiger partial charge in [-0.25, -0.2) is 17.2 Å². The second-order valence-electron chi connectivity index (χ2n) is 2.91. The lowest BCUT2D eigenvalue weighted by Gasteiger charge is -2.32. The van der Waals surface area contributed by atoms with Gasteiger partial charge in [0.15, 0.2) is 0 Å². The zero-order valence-corrected chi connectivity index (χ0v) is 9.72. The average molecular weight is 330 g/mol. The van der Waals surface area contributed by atoms with Gasteiger partial charge in [-0.1, -0.05) is 0 Å². The van der Waals surface area contributed by atoms with Crippen molar-refractivity contribution in [1.29, 1.82) is 0 Å². The van der Waals surface area contributed by atoms with Crippen LogP contribution < -0.4 is 0 Å². The van der Waals surface area contributed by atoms with Crippen LogP contribution in [0.25, 0.3) is 0 Å². The third-order valence-corrected chi connectivity index (χ3v) is 3.83. The van der Waals surface area contributed by atoms with Gasteiger partial charge < -0.3 is 0 Å². The molecule has 0 atom stereocenters. The Morgan fingerprint density at radius 1 is 1.06 bits per heavy atom. The van der Waals surface area contributed by atoms with Crippen LogP contribution in [-0.2, 0) is 10.0 Å². The lowest BCUT2D eigenvalue weighted by atomic mass is 10.2. The lowest BCUT2D eigenvalue weighted by molar-refractivity contribution is -0.315. The van der Waals surface area contributed by atoms with Gasteiger partial charge in [-0.2, -0.15) is 26.3 Å². The molecule has 0 fully saturated rings. The van der Waals surface area contributed by atoms with E-state index in [2.05, 4.69) is 11.8 Å². The number of halogens is 9. The maximum absolute atomic E-state index is 12.8. The molecule has 0 bridgehead atoms. The Bertz CT molecular complexity index is 408. The summed E-state index contributed by atoms with van der Waals surface area (Å²) < 4.78 is 119. The molecule has 0 unspecified atom stereocenters. The molecule has 0 radical (unpaired) electrons. The Hall–Kier alpha value is -0.360. The van der Waals surface area contributed by atoms with Crippen molar-refractivity contribution < 1.29 is 43.5 Å². The summed E-state index contributed by atoms with van der Waals surface area (Å²) >= 11 is 4.49. The van der Waals surface area contributed by atoms with Crippen LogP contribution >= 0.6 is 11.8 Å². The quantitative estimate of drug-likeness (QED) is 0.574. The fraction of sp³-hybridized carbons (Fsp3) is 1.00. The van der Waals surface area contributed by atoms with E-state index in [1.165, 1.54) is 0 Å². The Balaban J connectivity index is 5.91. The number of alkyl halides is 8. The van der Waals surface area contributed by atoms with Crippen molar-refractivity contribution in [3.63, 3.8) is 0 Å². The maximum Gasteiger partial charge on any atom is 0.428 e. The van der Waals surface area contributed by atoms with Crippen LogP contribution in [0.3, 0.4) is 0 Å². The van der Waals surface area contributed by atoms with Gasteiger partial charge >= 0.3 is 23.5 Å². The number of nitrogens with zero attached hydrogens (tertiary/aromatic N) is 1. The molecule has 0 aromatic rings. The van der Waals surface area contributed by atoms with Gasteiger partial charge in [-0.05, 0) is 11.8 Å². The Morgan fingerprint density at radius 3 is 1.61 bits per heavy atom. The van der Waals surface area contributed by atoms with Crippen molar-refractivity contribution in [2.24, 2.45) is 0 Å². The van der Waals surface area contributed by atoms with Crippen LogP contribution in [0.2, 0.25) is 0 Å². The van der Waals surface area contributed by atoms with Crippen molar-refractivity contribution in [3.05, 3.63) is 0 Å². The maximum atomic E-state index is 12.8. The molecule has 0 saturated heterocycles. The fourth-order valence-electron chi connectivity index (χ4n) is 0.651. The molecule has 13 heteroatoms. The summed E-state index contributed by atoms with van der Waals surface area (Å²) in [6.07, 6.45) is -5.20. The van der Waals surface area contributed by atoms with Crippen LogP contribution in [0.1, 0.15) is 0 Å². The average Bonchev–Trinajstić information content (AvgIpc) is 2.15. The zero-order chi connectivity index (χ0) is 15.2. The SMILES string of the molecule is CN(Cl)S(=O)(=O)C(F)(F)C(F)(F)C(F)(F)C(F)F. The van der Waals surface area contributed by atoms with Crippen LogP contribution in [0.15, 0.2) is 0 Å².